The summed E-state index contributed by atoms with van der Waals surface area (Å²) < 4.78 is 13.8. The molecule has 1 aromatic carbocycles. The number of rotatable bonds is 5. The highest BCUT2D eigenvalue weighted by Crippen LogP contribution is 2.37. The van der Waals surface area contributed by atoms with Gasteiger partial charge in [-0.2, -0.15) is 0 Å². The van der Waals surface area contributed by atoms with Gasteiger partial charge in [0.05, 0.1) is 5.69 Å². The Morgan fingerprint density at radius 2 is 1.86 bits per heavy atom. The Morgan fingerprint density at radius 3 is 2.65 bits per heavy atom. The molecule has 3 aliphatic rings. The van der Waals surface area contributed by atoms with Gasteiger partial charge in [-0.05, 0) is 74.8 Å². The lowest BCUT2D eigenvalue weighted by Gasteiger charge is -2.28. The van der Waals surface area contributed by atoms with Crippen molar-refractivity contribution >= 4 is 17.5 Å². The highest BCUT2D eigenvalue weighted by atomic mass is 35.5. The number of fused-ring (bicyclic) bond motifs is 3. The van der Waals surface area contributed by atoms with Crippen molar-refractivity contribution in [1.82, 2.24) is 25.1 Å². The number of nitrogens with one attached hydrogen (secondary N) is 1. The molecule has 6 rings (SSSR count). The van der Waals surface area contributed by atoms with Gasteiger partial charge in [0.1, 0.15) is 17.8 Å². The maximum absolute atomic E-state index is 13.0. The second kappa shape index (κ2) is 10.8. The van der Waals surface area contributed by atoms with Crippen molar-refractivity contribution in [1.29, 1.82) is 0 Å². The van der Waals surface area contributed by atoms with Crippen molar-refractivity contribution in [2.75, 3.05) is 13.2 Å². The largest absolute Gasteiger partial charge is 0.474 e. The molecule has 194 valence electrons. The predicted octanol–water partition coefficient (Wildman–Crippen LogP) is 4.43. The first-order valence-corrected chi connectivity index (χ1v) is 13.7. The molecule has 1 saturated carbocycles. The number of carbonyl (C=O) groups excluding carboxylic acids is 1. The second-order valence-corrected chi connectivity index (χ2v) is 10.8. The molecule has 2 aromatic heterocycles. The molecule has 2 fully saturated rings. The molecular weight excluding hydrogens is 490 g/mol. The summed E-state index contributed by atoms with van der Waals surface area (Å²) in [7, 11) is 0. The minimum absolute atomic E-state index is 0.00718. The third kappa shape index (κ3) is 5.36. The SMILES string of the molecule is O=C(N[C@@H]1Cc2cc(Cl)ccc2-n2c(nnc2C2CCC(Oc3ccccn3)CC2)C1)C1CCOCC1. The van der Waals surface area contributed by atoms with Crippen LogP contribution in [0.2, 0.25) is 5.02 Å². The second-order valence-electron chi connectivity index (χ2n) is 10.3. The third-order valence-corrected chi connectivity index (χ3v) is 8.07. The van der Waals surface area contributed by atoms with Crippen molar-refractivity contribution in [2.45, 2.75) is 69.4 Å². The summed E-state index contributed by atoms with van der Waals surface area (Å²) in [5, 5.41) is 13.3. The van der Waals surface area contributed by atoms with Gasteiger partial charge in [0.25, 0.3) is 0 Å². The minimum Gasteiger partial charge on any atom is -0.474 e. The molecule has 8 nitrogen and oxygen atoms in total. The van der Waals surface area contributed by atoms with E-state index in [0.717, 1.165) is 61.4 Å². The summed E-state index contributed by atoms with van der Waals surface area (Å²) in [6.07, 6.45) is 8.64. The van der Waals surface area contributed by atoms with E-state index < -0.39 is 0 Å². The number of halogens is 1. The zero-order chi connectivity index (χ0) is 25.2. The van der Waals surface area contributed by atoms with E-state index in [9.17, 15) is 4.79 Å². The number of benzene rings is 1. The summed E-state index contributed by atoms with van der Waals surface area (Å²) >= 11 is 6.42. The molecule has 9 heteroatoms. The summed E-state index contributed by atoms with van der Waals surface area (Å²) in [6.45, 7) is 1.29. The molecule has 4 heterocycles. The van der Waals surface area contributed by atoms with Crippen molar-refractivity contribution in [3.8, 4) is 11.6 Å². The lowest BCUT2D eigenvalue weighted by atomic mass is 9.86. The van der Waals surface area contributed by atoms with Gasteiger partial charge in [-0.15, -0.1) is 10.2 Å². The first kappa shape index (κ1) is 24.4. The molecule has 0 unspecified atom stereocenters. The Labute approximate surface area is 221 Å². The average Bonchev–Trinajstić information content (AvgIpc) is 3.26. The van der Waals surface area contributed by atoms with E-state index in [0.29, 0.717) is 42.9 Å². The van der Waals surface area contributed by atoms with Crippen molar-refractivity contribution < 1.29 is 14.3 Å². The summed E-state index contributed by atoms with van der Waals surface area (Å²) in [6, 6.07) is 11.7. The normalized spacial score (nSPS) is 24.0. The number of hydrogen-bond donors (Lipinski definition) is 1. The average molecular weight is 522 g/mol. The maximum Gasteiger partial charge on any atom is 0.223 e. The third-order valence-electron chi connectivity index (χ3n) is 7.84. The van der Waals surface area contributed by atoms with Gasteiger partial charge in [-0.25, -0.2) is 4.98 Å². The zero-order valence-electron chi connectivity index (χ0n) is 20.8. The number of nitrogens with zero attached hydrogens (tertiary/aromatic N) is 4. The van der Waals surface area contributed by atoms with Crippen LogP contribution in [-0.4, -0.2) is 51.0 Å². The first-order chi connectivity index (χ1) is 18.1. The quantitative estimate of drug-likeness (QED) is 0.534. The minimum atomic E-state index is -0.0617. The van der Waals surface area contributed by atoms with Crippen LogP contribution in [0.1, 0.15) is 61.7 Å². The highest BCUT2D eigenvalue weighted by Gasteiger charge is 2.33. The summed E-state index contributed by atoms with van der Waals surface area (Å²) in [5.41, 5.74) is 2.17. The Hall–Kier alpha value is -2.97. The van der Waals surface area contributed by atoms with Gasteiger partial charge in [0, 0.05) is 54.8 Å². The van der Waals surface area contributed by atoms with E-state index >= 15 is 0 Å². The summed E-state index contributed by atoms with van der Waals surface area (Å²) in [4.78, 5) is 17.3. The number of carbonyl (C=O) groups is 1. The Balaban J connectivity index is 1.21. The van der Waals surface area contributed by atoms with Crippen molar-refractivity contribution in [3.63, 3.8) is 0 Å². The van der Waals surface area contributed by atoms with Crippen LogP contribution in [0.25, 0.3) is 5.69 Å². The number of aromatic nitrogens is 4. The van der Waals surface area contributed by atoms with Crippen LogP contribution >= 0.6 is 11.6 Å². The molecule has 0 radical (unpaired) electrons. The van der Waals surface area contributed by atoms with Crippen molar-refractivity contribution in [3.05, 3.63) is 64.8 Å². The Morgan fingerprint density at radius 1 is 1.03 bits per heavy atom. The Kier molecular flexibility index (Phi) is 7.11. The smallest absolute Gasteiger partial charge is 0.223 e. The van der Waals surface area contributed by atoms with E-state index in [1.165, 1.54) is 0 Å². The van der Waals surface area contributed by atoms with Crippen LogP contribution in [0.5, 0.6) is 5.88 Å². The van der Waals surface area contributed by atoms with Crippen LogP contribution in [0, 0.1) is 5.92 Å². The van der Waals surface area contributed by atoms with Gasteiger partial charge in [-0.3, -0.25) is 9.36 Å². The standard InChI is InChI=1S/C28H32ClN5O3/c29-21-6-9-24-20(15-21)16-22(31-28(35)19-10-13-36-14-11-19)17-25-32-33-27(34(24)25)18-4-7-23(8-5-18)37-26-3-1-2-12-30-26/h1-3,6,9,12,15,18-19,22-23H,4-5,7-8,10-11,13-14,16-17H2,(H,31,35)/t18?,22-,23?/m1/s1. The molecule has 0 bridgehead atoms. The Bertz CT molecular complexity index is 1240. The monoisotopic (exact) mass is 521 g/mol. The topological polar surface area (TPSA) is 91.2 Å². The van der Waals surface area contributed by atoms with E-state index in [4.69, 9.17) is 26.2 Å². The molecule has 37 heavy (non-hydrogen) atoms. The lowest BCUT2D eigenvalue weighted by molar-refractivity contribution is -0.128. The molecule has 3 aromatic rings. The van der Waals surface area contributed by atoms with Crippen LogP contribution < -0.4 is 10.1 Å². The predicted molar refractivity (Wildman–Crippen MR) is 139 cm³/mol. The molecule has 1 saturated heterocycles. The molecule has 1 N–H and O–H groups in total. The van der Waals surface area contributed by atoms with E-state index in [2.05, 4.69) is 26.0 Å². The molecule has 1 atom stereocenters. The fraction of sp³-hybridized carbons (Fsp3) is 0.500. The molecule has 0 spiro atoms. The van der Waals surface area contributed by atoms with Gasteiger partial charge in [0.15, 0.2) is 0 Å². The lowest BCUT2D eigenvalue weighted by Crippen LogP contribution is -2.42. The van der Waals surface area contributed by atoms with E-state index in [1.54, 1.807) is 6.20 Å². The van der Waals surface area contributed by atoms with E-state index in [1.807, 2.05) is 30.3 Å². The van der Waals surface area contributed by atoms with Gasteiger partial charge >= 0.3 is 0 Å². The highest BCUT2D eigenvalue weighted by molar-refractivity contribution is 6.30. The van der Waals surface area contributed by atoms with Gasteiger partial charge in [-0.1, -0.05) is 17.7 Å². The fourth-order valence-electron chi connectivity index (χ4n) is 5.89. The first-order valence-electron chi connectivity index (χ1n) is 13.3. The molecule has 1 amide bonds. The molecular formula is C28H32ClN5O3. The van der Waals surface area contributed by atoms with Crippen LogP contribution in [0.4, 0.5) is 0 Å². The summed E-state index contributed by atoms with van der Waals surface area (Å²) in [5.74, 6) is 2.97. The van der Waals surface area contributed by atoms with Crippen molar-refractivity contribution in [2.24, 2.45) is 5.92 Å². The van der Waals surface area contributed by atoms with Gasteiger partial charge < -0.3 is 14.8 Å². The zero-order valence-corrected chi connectivity index (χ0v) is 21.6. The number of ether oxygens (including phenoxy) is 2. The van der Waals surface area contributed by atoms with Gasteiger partial charge in [0.2, 0.25) is 11.8 Å². The van der Waals surface area contributed by atoms with Crippen LogP contribution in [0.15, 0.2) is 42.6 Å². The number of hydrogen-bond acceptors (Lipinski definition) is 6. The maximum atomic E-state index is 13.0. The van der Waals surface area contributed by atoms with E-state index in [-0.39, 0.29) is 24.0 Å². The molecule has 1 aliphatic carbocycles. The van der Waals surface area contributed by atoms with Crippen LogP contribution in [0.3, 0.4) is 0 Å². The fourth-order valence-corrected chi connectivity index (χ4v) is 6.09. The molecule has 2 aliphatic heterocycles. The number of pyridine rings is 1. The van der Waals surface area contributed by atoms with Crippen LogP contribution in [-0.2, 0) is 22.4 Å². The number of amides is 1.